The van der Waals surface area contributed by atoms with Crippen LogP contribution in [0.4, 0.5) is 4.39 Å². The fourth-order valence-electron chi connectivity index (χ4n) is 7.08. The highest BCUT2D eigenvalue weighted by molar-refractivity contribution is 6.32. The van der Waals surface area contributed by atoms with Gasteiger partial charge in [0.15, 0.2) is 34.7 Å². The molecule has 0 radical (unpaired) electrons. The number of benzene rings is 2. The van der Waals surface area contributed by atoms with E-state index in [1.165, 1.54) is 31.1 Å². The zero-order valence-electron chi connectivity index (χ0n) is 23.2. The molecule has 0 bridgehead atoms. The molecule has 0 aliphatic heterocycles. The van der Waals surface area contributed by atoms with Crippen molar-refractivity contribution in [2.45, 2.75) is 31.0 Å². The van der Waals surface area contributed by atoms with E-state index in [-0.39, 0.29) is 30.0 Å². The van der Waals surface area contributed by atoms with Gasteiger partial charge in [-0.2, -0.15) is 0 Å². The SMILES string of the molecule is CN(C)Cc1cc(-c2ccc(O)c3c2C[C@@H]2C[C@@H]4[C@@H](N(C)C)C(=O)C(C(N)=O)C(=O)[C@]4(O)C(=O)C2C3=O)ccc1F. The number of likely N-dealkylation sites (N-methyl/N-ethyl adjacent to an activating group) is 1. The Hall–Kier alpha value is -3.80. The second-order valence-corrected chi connectivity index (χ2v) is 11.8. The number of Topliss-reactive ketones (excluding diaryl/α,β-unsaturated/α-hetero) is 4. The van der Waals surface area contributed by atoms with Gasteiger partial charge in [0.1, 0.15) is 11.6 Å². The Bertz CT molecular complexity index is 1520. The molecule has 0 aromatic heterocycles. The van der Waals surface area contributed by atoms with Crippen LogP contribution in [0.3, 0.4) is 0 Å². The molecule has 0 heterocycles. The maximum absolute atomic E-state index is 14.5. The molecule has 6 atom stereocenters. The van der Waals surface area contributed by atoms with Crippen molar-refractivity contribution < 1.29 is 38.6 Å². The van der Waals surface area contributed by atoms with Crippen molar-refractivity contribution >= 4 is 29.0 Å². The molecule has 3 aliphatic carbocycles. The van der Waals surface area contributed by atoms with Crippen LogP contribution < -0.4 is 5.73 Å². The number of aromatic hydroxyl groups is 1. The molecule has 2 fully saturated rings. The number of carbonyl (C=O) groups is 5. The van der Waals surface area contributed by atoms with Crippen LogP contribution in [0, 0.1) is 29.5 Å². The molecule has 2 aromatic carbocycles. The summed E-state index contributed by atoms with van der Waals surface area (Å²) in [5.41, 5.74) is 4.55. The van der Waals surface area contributed by atoms with E-state index < -0.39 is 64.4 Å². The number of hydrogen-bond donors (Lipinski definition) is 3. The summed E-state index contributed by atoms with van der Waals surface area (Å²) in [6.45, 7) is 0.332. The minimum absolute atomic E-state index is 0.0473. The second kappa shape index (κ2) is 9.93. The maximum Gasteiger partial charge on any atom is 0.235 e. The molecule has 0 saturated heterocycles. The number of fused-ring (bicyclic) bond motifs is 3. The van der Waals surface area contributed by atoms with Gasteiger partial charge in [-0.1, -0.05) is 12.1 Å². The van der Waals surface area contributed by atoms with Gasteiger partial charge in [-0.25, -0.2) is 4.39 Å². The minimum Gasteiger partial charge on any atom is -0.507 e. The van der Waals surface area contributed by atoms with E-state index in [0.29, 0.717) is 28.8 Å². The molecule has 3 aliphatic rings. The molecular formula is C30H32FN3O7. The molecular weight excluding hydrogens is 533 g/mol. The summed E-state index contributed by atoms with van der Waals surface area (Å²) in [4.78, 5) is 69.8. The number of halogens is 1. The summed E-state index contributed by atoms with van der Waals surface area (Å²) in [7, 11) is 6.68. The molecule has 4 N–H and O–H groups in total. The smallest absolute Gasteiger partial charge is 0.235 e. The van der Waals surface area contributed by atoms with Gasteiger partial charge < -0.3 is 20.8 Å². The third-order valence-corrected chi connectivity index (χ3v) is 8.79. The fraction of sp³-hybridized carbons (Fsp3) is 0.433. The Morgan fingerprint density at radius 3 is 2.37 bits per heavy atom. The lowest BCUT2D eigenvalue weighted by Gasteiger charge is -2.52. The van der Waals surface area contributed by atoms with Crippen LogP contribution in [0.25, 0.3) is 11.1 Å². The molecule has 41 heavy (non-hydrogen) atoms. The van der Waals surface area contributed by atoms with E-state index in [1.54, 1.807) is 18.2 Å². The Morgan fingerprint density at radius 1 is 1.07 bits per heavy atom. The molecule has 5 rings (SSSR count). The summed E-state index contributed by atoms with van der Waals surface area (Å²) in [5.74, 6) is -11.4. The van der Waals surface area contributed by atoms with E-state index >= 15 is 0 Å². The molecule has 2 saturated carbocycles. The van der Waals surface area contributed by atoms with Crippen molar-refractivity contribution in [2.75, 3.05) is 28.2 Å². The average Bonchev–Trinajstić information content (AvgIpc) is 2.87. The van der Waals surface area contributed by atoms with Crippen LogP contribution in [0.2, 0.25) is 0 Å². The molecule has 2 unspecified atom stereocenters. The topological polar surface area (TPSA) is 158 Å². The van der Waals surface area contributed by atoms with Crippen molar-refractivity contribution in [1.82, 2.24) is 9.80 Å². The highest BCUT2D eigenvalue weighted by Crippen LogP contribution is 2.51. The number of phenolic OH excluding ortho intramolecular Hbond substituents is 1. The number of rotatable bonds is 5. The summed E-state index contributed by atoms with van der Waals surface area (Å²) < 4.78 is 14.5. The predicted octanol–water partition coefficient (Wildman–Crippen LogP) is 0.735. The number of aliphatic hydroxyl groups is 1. The van der Waals surface area contributed by atoms with Crippen LogP contribution in [-0.2, 0) is 32.1 Å². The van der Waals surface area contributed by atoms with Crippen molar-refractivity contribution in [2.24, 2.45) is 29.4 Å². The molecule has 2 aromatic rings. The number of phenols is 1. The second-order valence-electron chi connectivity index (χ2n) is 11.8. The lowest BCUT2D eigenvalue weighted by Crippen LogP contribution is -2.74. The van der Waals surface area contributed by atoms with E-state index in [2.05, 4.69) is 0 Å². The number of amides is 1. The van der Waals surface area contributed by atoms with Crippen molar-refractivity contribution in [1.29, 1.82) is 0 Å². The number of ketones is 4. The zero-order valence-corrected chi connectivity index (χ0v) is 23.2. The molecule has 10 nitrogen and oxygen atoms in total. The van der Waals surface area contributed by atoms with E-state index in [0.717, 1.165) is 0 Å². The first-order valence-corrected chi connectivity index (χ1v) is 13.3. The van der Waals surface area contributed by atoms with Crippen molar-refractivity contribution in [3.63, 3.8) is 0 Å². The Balaban J connectivity index is 1.64. The third-order valence-electron chi connectivity index (χ3n) is 8.79. The number of nitrogens with two attached hydrogens (primary N) is 1. The van der Waals surface area contributed by atoms with E-state index in [9.17, 15) is 38.6 Å². The fourth-order valence-corrected chi connectivity index (χ4v) is 7.08. The number of nitrogens with zero attached hydrogens (tertiary/aromatic N) is 2. The first-order valence-electron chi connectivity index (χ1n) is 13.3. The zero-order chi connectivity index (χ0) is 30.1. The van der Waals surface area contributed by atoms with E-state index in [1.807, 2.05) is 19.0 Å². The Kier molecular flexibility index (Phi) is 6.96. The number of carbonyl (C=O) groups excluding carboxylic acids is 5. The van der Waals surface area contributed by atoms with Gasteiger partial charge in [0, 0.05) is 18.0 Å². The van der Waals surface area contributed by atoms with Gasteiger partial charge >= 0.3 is 0 Å². The highest BCUT2D eigenvalue weighted by atomic mass is 19.1. The number of hydrogen-bond acceptors (Lipinski definition) is 9. The normalized spacial score (nSPS) is 29.4. The standard InChI is InChI=1S/C30H32FN3O7/c1-33(2)12-15-9-13(5-7-19(15)31)16-6-8-20(35)22-17(16)10-14-11-18-24(34(3)4)26(37)23(29(32)40)28(39)30(18,41)27(38)21(14)25(22)36/h5-9,14,18,21,23-24,35,41H,10-12H2,1-4H3,(H2,32,40)/t14-,18-,21?,23?,24-,30-/m1/s1. The predicted molar refractivity (Wildman–Crippen MR) is 144 cm³/mol. The Morgan fingerprint density at radius 2 is 1.76 bits per heavy atom. The molecule has 216 valence electrons. The quantitative estimate of drug-likeness (QED) is 0.445. The van der Waals surface area contributed by atoms with Crippen LogP contribution in [0.5, 0.6) is 5.75 Å². The van der Waals surface area contributed by atoms with Crippen LogP contribution >= 0.6 is 0 Å². The van der Waals surface area contributed by atoms with E-state index in [4.69, 9.17) is 5.73 Å². The van der Waals surface area contributed by atoms with Crippen LogP contribution in [0.1, 0.15) is 27.9 Å². The largest absolute Gasteiger partial charge is 0.507 e. The Labute approximate surface area is 235 Å². The lowest BCUT2D eigenvalue weighted by molar-refractivity contribution is -0.181. The van der Waals surface area contributed by atoms with Gasteiger partial charge in [0.25, 0.3) is 0 Å². The first-order chi connectivity index (χ1) is 19.2. The van der Waals surface area contributed by atoms with Crippen molar-refractivity contribution in [3.05, 3.63) is 52.8 Å². The van der Waals surface area contributed by atoms with Crippen molar-refractivity contribution in [3.8, 4) is 16.9 Å². The first kappa shape index (κ1) is 28.7. The molecule has 11 heteroatoms. The van der Waals surface area contributed by atoms with Gasteiger partial charge in [-0.15, -0.1) is 0 Å². The highest BCUT2D eigenvalue weighted by Gasteiger charge is 2.69. The lowest BCUT2D eigenvalue weighted by atomic mass is 9.52. The van der Waals surface area contributed by atoms with Gasteiger partial charge in [0.2, 0.25) is 5.91 Å². The minimum atomic E-state index is -2.78. The number of primary amides is 1. The van der Waals surface area contributed by atoms with Crippen LogP contribution in [0.15, 0.2) is 30.3 Å². The summed E-state index contributed by atoms with van der Waals surface area (Å²) >= 11 is 0. The average molecular weight is 566 g/mol. The molecule has 0 spiro atoms. The van der Waals surface area contributed by atoms with Gasteiger partial charge in [-0.3, -0.25) is 28.9 Å². The monoisotopic (exact) mass is 565 g/mol. The third kappa shape index (κ3) is 4.22. The van der Waals surface area contributed by atoms with Gasteiger partial charge in [0.05, 0.1) is 17.5 Å². The summed E-state index contributed by atoms with van der Waals surface area (Å²) in [6, 6.07) is 6.36. The van der Waals surface area contributed by atoms with Gasteiger partial charge in [-0.05, 0) is 81.8 Å². The summed E-state index contributed by atoms with van der Waals surface area (Å²) in [5, 5.41) is 22.4. The maximum atomic E-state index is 14.5. The molecule has 1 amide bonds. The van der Waals surface area contributed by atoms with Crippen LogP contribution in [-0.4, -0.2) is 88.9 Å². The summed E-state index contributed by atoms with van der Waals surface area (Å²) in [6.07, 6.45) is 0.0737.